The molecule has 6 heteroatoms. The van der Waals surface area contributed by atoms with Gasteiger partial charge in [-0.2, -0.15) is 0 Å². The molecule has 2 rings (SSSR count). The van der Waals surface area contributed by atoms with Crippen LogP contribution in [0.1, 0.15) is 19.4 Å². The number of ether oxygens (including phenoxy) is 2. The Hall–Kier alpha value is -1.63. The van der Waals surface area contributed by atoms with Gasteiger partial charge in [-0.05, 0) is 13.0 Å². The van der Waals surface area contributed by atoms with Crippen LogP contribution >= 0.6 is 0 Å². The molecule has 1 aromatic rings. The number of rotatable bonds is 8. The summed E-state index contributed by atoms with van der Waals surface area (Å²) in [4.78, 5) is 14.4. The zero-order valence-corrected chi connectivity index (χ0v) is 14.7. The van der Waals surface area contributed by atoms with E-state index in [1.54, 1.807) is 0 Å². The summed E-state index contributed by atoms with van der Waals surface area (Å²) in [6.45, 7) is 9.13. The molecule has 24 heavy (non-hydrogen) atoms. The maximum absolute atomic E-state index is 12.0. The van der Waals surface area contributed by atoms with Crippen molar-refractivity contribution in [2.45, 2.75) is 26.4 Å². The predicted molar refractivity (Wildman–Crippen MR) is 93.9 cm³/mol. The Morgan fingerprint density at radius 1 is 1.33 bits per heavy atom. The molecule has 1 saturated heterocycles. The Balaban J connectivity index is 1.82. The number of para-hydroxylation sites is 1. The molecule has 0 aliphatic carbocycles. The number of hydrogen-bond donors (Lipinski definition) is 2. The van der Waals surface area contributed by atoms with Gasteiger partial charge in [0, 0.05) is 43.7 Å². The number of carbonyl (C=O) groups excluding carboxylic acids is 1. The first-order valence-corrected chi connectivity index (χ1v) is 8.62. The number of nitrogens with two attached hydrogens (primary N) is 1. The van der Waals surface area contributed by atoms with Crippen LogP contribution in [0.15, 0.2) is 24.3 Å². The lowest BCUT2D eigenvalue weighted by atomic mass is 10.0. The normalized spacial score (nSPS) is 18.0. The highest BCUT2D eigenvalue weighted by Gasteiger charge is 2.17. The van der Waals surface area contributed by atoms with Crippen LogP contribution in [0.5, 0.6) is 5.75 Å². The Morgan fingerprint density at radius 3 is 2.75 bits per heavy atom. The van der Waals surface area contributed by atoms with Gasteiger partial charge in [0.25, 0.3) is 0 Å². The number of hydrogen-bond acceptors (Lipinski definition) is 5. The van der Waals surface area contributed by atoms with Crippen LogP contribution in [0.3, 0.4) is 0 Å². The molecule has 3 N–H and O–H groups in total. The lowest BCUT2D eigenvalue weighted by Gasteiger charge is -2.26. The smallest absolute Gasteiger partial charge is 0.224 e. The molecule has 0 radical (unpaired) electrons. The van der Waals surface area contributed by atoms with Crippen molar-refractivity contribution in [3.63, 3.8) is 0 Å². The van der Waals surface area contributed by atoms with Crippen LogP contribution in [-0.4, -0.2) is 56.3 Å². The fraction of sp³-hybridized carbons (Fsp3) is 0.611. The summed E-state index contributed by atoms with van der Waals surface area (Å²) in [6.07, 6.45) is 0. The number of amides is 1. The van der Waals surface area contributed by atoms with Crippen LogP contribution in [0.2, 0.25) is 0 Å². The highest BCUT2D eigenvalue weighted by atomic mass is 16.5. The minimum atomic E-state index is -0.209. The van der Waals surface area contributed by atoms with Crippen LogP contribution in [-0.2, 0) is 16.1 Å². The monoisotopic (exact) mass is 335 g/mol. The summed E-state index contributed by atoms with van der Waals surface area (Å²) in [5.41, 5.74) is 6.75. The summed E-state index contributed by atoms with van der Waals surface area (Å²) in [5.74, 6) is 0.576. The van der Waals surface area contributed by atoms with E-state index in [1.165, 1.54) is 0 Å². The Kier molecular flexibility index (Phi) is 7.49. The maximum atomic E-state index is 12.0. The summed E-state index contributed by atoms with van der Waals surface area (Å²) >= 11 is 0. The highest BCUT2D eigenvalue weighted by molar-refractivity contribution is 5.78. The molecular formula is C18H29N3O3. The van der Waals surface area contributed by atoms with Gasteiger partial charge in [-0.1, -0.05) is 25.1 Å². The zero-order valence-electron chi connectivity index (χ0n) is 14.7. The van der Waals surface area contributed by atoms with Crippen molar-refractivity contribution in [2.24, 2.45) is 11.7 Å². The molecular weight excluding hydrogens is 306 g/mol. The van der Waals surface area contributed by atoms with Crippen molar-refractivity contribution < 1.29 is 14.3 Å². The van der Waals surface area contributed by atoms with E-state index in [-0.39, 0.29) is 17.9 Å². The highest BCUT2D eigenvalue weighted by Crippen LogP contribution is 2.18. The Labute approximate surface area is 144 Å². The third-order valence-corrected chi connectivity index (χ3v) is 4.40. The number of nitrogens with one attached hydrogen (secondary N) is 1. The average molecular weight is 335 g/mol. The quantitative estimate of drug-likeness (QED) is 0.741. The molecule has 0 saturated carbocycles. The lowest BCUT2D eigenvalue weighted by Crippen LogP contribution is -2.39. The number of carbonyl (C=O) groups is 1. The van der Waals surface area contributed by atoms with Crippen molar-refractivity contribution in [1.29, 1.82) is 0 Å². The first kappa shape index (κ1) is 18.7. The summed E-state index contributed by atoms with van der Waals surface area (Å²) in [7, 11) is 0. The second-order valence-corrected chi connectivity index (χ2v) is 6.28. The molecule has 2 unspecified atom stereocenters. The van der Waals surface area contributed by atoms with E-state index < -0.39 is 0 Å². The van der Waals surface area contributed by atoms with E-state index in [2.05, 4.69) is 10.2 Å². The number of nitrogens with zero attached hydrogens (tertiary/aromatic N) is 1. The molecule has 1 aliphatic rings. The van der Waals surface area contributed by atoms with Crippen molar-refractivity contribution in [1.82, 2.24) is 10.2 Å². The summed E-state index contributed by atoms with van der Waals surface area (Å²) < 4.78 is 11.3. The fourth-order valence-corrected chi connectivity index (χ4v) is 2.48. The van der Waals surface area contributed by atoms with Crippen LogP contribution in [0, 0.1) is 5.92 Å². The van der Waals surface area contributed by atoms with Gasteiger partial charge in [0.15, 0.2) is 0 Å². The summed E-state index contributed by atoms with van der Waals surface area (Å²) in [6, 6.07) is 7.65. The molecule has 0 bridgehead atoms. The van der Waals surface area contributed by atoms with Gasteiger partial charge in [0.2, 0.25) is 5.91 Å². The van der Waals surface area contributed by atoms with E-state index in [9.17, 15) is 4.79 Å². The van der Waals surface area contributed by atoms with Gasteiger partial charge in [-0.15, -0.1) is 0 Å². The van der Waals surface area contributed by atoms with Crippen molar-refractivity contribution >= 4 is 5.91 Å². The van der Waals surface area contributed by atoms with E-state index >= 15 is 0 Å². The number of morpholine rings is 1. The molecule has 6 nitrogen and oxygen atoms in total. The third-order valence-electron chi connectivity index (χ3n) is 4.40. The van der Waals surface area contributed by atoms with Gasteiger partial charge in [0.1, 0.15) is 12.4 Å². The minimum Gasteiger partial charge on any atom is -0.492 e. The molecule has 1 fully saturated rings. The minimum absolute atomic E-state index is 0.0341. The standard InChI is InChI=1S/C18H29N3O3/c1-14(15(2)19)18(22)20-13-16-5-3-4-6-17(16)24-12-9-21-7-10-23-11-8-21/h3-6,14-15H,7-13,19H2,1-2H3,(H,20,22). The van der Waals surface area contributed by atoms with E-state index in [4.69, 9.17) is 15.2 Å². The predicted octanol–water partition coefficient (Wildman–Crippen LogP) is 0.997. The van der Waals surface area contributed by atoms with Crippen LogP contribution in [0.4, 0.5) is 0 Å². The van der Waals surface area contributed by atoms with Gasteiger partial charge >= 0.3 is 0 Å². The fourth-order valence-electron chi connectivity index (χ4n) is 2.48. The van der Waals surface area contributed by atoms with Gasteiger partial charge < -0.3 is 20.5 Å². The second kappa shape index (κ2) is 9.61. The molecule has 2 atom stereocenters. The van der Waals surface area contributed by atoms with E-state index in [0.717, 1.165) is 44.2 Å². The SMILES string of the molecule is CC(N)C(C)C(=O)NCc1ccccc1OCCN1CCOCC1. The molecule has 134 valence electrons. The Morgan fingerprint density at radius 2 is 2.04 bits per heavy atom. The largest absolute Gasteiger partial charge is 0.492 e. The van der Waals surface area contributed by atoms with Gasteiger partial charge in [0.05, 0.1) is 13.2 Å². The second-order valence-electron chi connectivity index (χ2n) is 6.28. The number of benzene rings is 1. The first-order valence-electron chi connectivity index (χ1n) is 8.62. The molecule has 1 aromatic carbocycles. The zero-order chi connectivity index (χ0) is 17.4. The lowest BCUT2D eigenvalue weighted by molar-refractivity contribution is -0.125. The van der Waals surface area contributed by atoms with Crippen LogP contribution < -0.4 is 15.8 Å². The van der Waals surface area contributed by atoms with Gasteiger partial charge in [-0.3, -0.25) is 9.69 Å². The third kappa shape index (κ3) is 5.78. The topological polar surface area (TPSA) is 76.8 Å². The molecule has 0 aromatic heterocycles. The first-order chi connectivity index (χ1) is 11.6. The molecule has 0 spiro atoms. The molecule has 1 aliphatic heterocycles. The van der Waals surface area contributed by atoms with Crippen LogP contribution in [0.25, 0.3) is 0 Å². The van der Waals surface area contributed by atoms with Crippen molar-refractivity contribution in [3.8, 4) is 5.75 Å². The van der Waals surface area contributed by atoms with E-state index in [0.29, 0.717) is 13.2 Å². The average Bonchev–Trinajstić information content (AvgIpc) is 2.60. The van der Waals surface area contributed by atoms with Crippen molar-refractivity contribution in [2.75, 3.05) is 39.5 Å². The maximum Gasteiger partial charge on any atom is 0.224 e. The van der Waals surface area contributed by atoms with Gasteiger partial charge in [-0.25, -0.2) is 0 Å². The van der Waals surface area contributed by atoms with E-state index in [1.807, 2.05) is 38.1 Å². The molecule has 1 heterocycles. The summed E-state index contributed by atoms with van der Waals surface area (Å²) in [5, 5.41) is 2.93. The molecule has 1 amide bonds. The Bertz CT molecular complexity index is 516. The van der Waals surface area contributed by atoms with Crippen molar-refractivity contribution in [3.05, 3.63) is 29.8 Å².